The molecule has 0 saturated carbocycles. The zero-order chi connectivity index (χ0) is 27.4. The maximum absolute atomic E-state index is 13.2. The second-order valence-electron chi connectivity index (χ2n) is 8.65. The van der Waals surface area contributed by atoms with Gasteiger partial charge in [-0.3, -0.25) is 14.4 Å². The summed E-state index contributed by atoms with van der Waals surface area (Å²) >= 11 is 1.47. The number of nitrogens with one attached hydrogen (secondary N) is 3. The summed E-state index contributed by atoms with van der Waals surface area (Å²) in [6.45, 7) is 1.50. The van der Waals surface area contributed by atoms with Crippen LogP contribution in [0.3, 0.4) is 0 Å². The molecule has 4 atom stereocenters. The number of amides is 3. The Morgan fingerprint density at radius 3 is 1.89 bits per heavy atom. The van der Waals surface area contributed by atoms with Crippen LogP contribution in [0.4, 0.5) is 0 Å². The Labute approximate surface area is 220 Å². The van der Waals surface area contributed by atoms with E-state index in [0.717, 1.165) is 5.56 Å². The monoisotopic (exact) mass is 530 g/mol. The summed E-state index contributed by atoms with van der Waals surface area (Å²) in [6.07, 6.45) is 2.28. The van der Waals surface area contributed by atoms with Gasteiger partial charge in [-0.2, -0.15) is 11.8 Å². The minimum Gasteiger partial charge on any atom is -0.508 e. The molecule has 2 rings (SSSR count). The molecule has 0 spiro atoms. The number of carbonyl (C=O) groups is 4. The maximum Gasteiger partial charge on any atom is 0.326 e. The number of benzene rings is 2. The van der Waals surface area contributed by atoms with Crippen molar-refractivity contribution in [1.82, 2.24) is 16.0 Å². The van der Waals surface area contributed by atoms with Gasteiger partial charge in [0.15, 0.2) is 0 Å². The average molecular weight is 531 g/mol. The number of aliphatic carboxylic acids is 1. The third kappa shape index (κ3) is 10.1. The van der Waals surface area contributed by atoms with Gasteiger partial charge in [0.05, 0.1) is 6.04 Å². The largest absolute Gasteiger partial charge is 0.508 e. The van der Waals surface area contributed by atoms with Crippen molar-refractivity contribution in [2.75, 3.05) is 12.0 Å². The molecule has 4 unspecified atom stereocenters. The number of thioether (sulfide) groups is 1. The number of aromatic hydroxyl groups is 1. The number of carboxylic acid groups (broad SMARTS) is 1. The molecular weight excluding hydrogens is 496 g/mol. The fraction of sp³-hybridized carbons (Fsp3) is 0.385. The van der Waals surface area contributed by atoms with E-state index >= 15 is 0 Å². The zero-order valence-corrected chi connectivity index (χ0v) is 21.7. The Morgan fingerprint density at radius 2 is 1.32 bits per heavy atom. The Balaban J connectivity index is 2.17. The summed E-state index contributed by atoms with van der Waals surface area (Å²) in [6, 6.07) is 11.0. The van der Waals surface area contributed by atoms with E-state index in [4.69, 9.17) is 5.73 Å². The molecule has 0 heterocycles. The number of carboxylic acids is 1. The Bertz CT molecular complexity index is 1050. The van der Waals surface area contributed by atoms with Gasteiger partial charge < -0.3 is 31.9 Å². The van der Waals surface area contributed by atoms with Crippen LogP contribution in [0.2, 0.25) is 0 Å². The molecule has 0 radical (unpaired) electrons. The molecule has 0 aliphatic rings. The van der Waals surface area contributed by atoms with Crippen LogP contribution < -0.4 is 21.7 Å². The molecule has 2 aromatic carbocycles. The van der Waals surface area contributed by atoms with E-state index in [0.29, 0.717) is 11.3 Å². The molecule has 0 aliphatic carbocycles. The third-order valence-electron chi connectivity index (χ3n) is 5.56. The number of phenolic OH excluding ortho intramolecular Hbond substituents is 1. The lowest BCUT2D eigenvalue weighted by Crippen LogP contribution is -2.57. The minimum absolute atomic E-state index is 0.00831. The van der Waals surface area contributed by atoms with E-state index in [1.54, 1.807) is 12.1 Å². The first-order chi connectivity index (χ1) is 17.6. The van der Waals surface area contributed by atoms with Crippen molar-refractivity contribution in [2.45, 2.75) is 50.4 Å². The molecule has 200 valence electrons. The highest BCUT2D eigenvalue weighted by Crippen LogP contribution is 2.12. The summed E-state index contributed by atoms with van der Waals surface area (Å²) < 4.78 is 0. The van der Waals surface area contributed by atoms with E-state index in [9.17, 15) is 29.4 Å². The number of rotatable bonds is 14. The SMILES string of the molecule is CSCCC(NC(=O)C(Cc1ccccc1)NC(=O)C(C)N)C(=O)NC(Cc1ccc(O)cc1)C(=O)O. The molecule has 11 heteroatoms. The standard InChI is InChI=1S/C26H34N4O6S/c1-16(27)23(32)29-21(14-17-6-4-3-5-7-17)25(34)28-20(12-13-37-2)24(33)30-22(26(35)36)15-18-8-10-19(31)11-9-18/h3-11,16,20-22,31H,12-15,27H2,1-2H3,(H,28,34)(H,29,32)(H,30,33)(H,35,36). The van der Waals surface area contributed by atoms with Crippen molar-refractivity contribution in [3.63, 3.8) is 0 Å². The quantitative estimate of drug-likeness (QED) is 0.208. The minimum atomic E-state index is -1.25. The fourth-order valence-electron chi connectivity index (χ4n) is 3.48. The van der Waals surface area contributed by atoms with Crippen LogP contribution in [-0.4, -0.2) is 70.1 Å². The highest BCUT2D eigenvalue weighted by molar-refractivity contribution is 7.98. The van der Waals surface area contributed by atoms with Crippen LogP contribution in [0.5, 0.6) is 5.75 Å². The van der Waals surface area contributed by atoms with Gasteiger partial charge in [0, 0.05) is 12.8 Å². The first-order valence-electron chi connectivity index (χ1n) is 11.8. The van der Waals surface area contributed by atoms with Gasteiger partial charge >= 0.3 is 5.97 Å². The van der Waals surface area contributed by atoms with Crippen LogP contribution in [0.1, 0.15) is 24.5 Å². The van der Waals surface area contributed by atoms with E-state index in [1.807, 2.05) is 36.6 Å². The van der Waals surface area contributed by atoms with Crippen molar-refractivity contribution in [2.24, 2.45) is 5.73 Å². The molecule has 2 aromatic rings. The number of carbonyl (C=O) groups excluding carboxylic acids is 3. The first-order valence-corrected chi connectivity index (χ1v) is 13.2. The van der Waals surface area contributed by atoms with Crippen LogP contribution in [-0.2, 0) is 32.0 Å². The maximum atomic E-state index is 13.2. The van der Waals surface area contributed by atoms with E-state index < -0.39 is 47.9 Å². The molecule has 37 heavy (non-hydrogen) atoms. The summed E-state index contributed by atoms with van der Waals surface area (Å²) in [7, 11) is 0. The van der Waals surface area contributed by atoms with Crippen LogP contribution in [0, 0.1) is 0 Å². The molecule has 0 aliphatic heterocycles. The molecule has 7 N–H and O–H groups in total. The lowest BCUT2D eigenvalue weighted by molar-refractivity contribution is -0.142. The molecule has 3 amide bonds. The smallest absolute Gasteiger partial charge is 0.326 e. The summed E-state index contributed by atoms with van der Waals surface area (Å²) in [5.74, 6) is -2.40. The van der Waals surface area contributed by atoms with Gasteiger partial charge in [-0.05, 0) is 48.6 Å². The molecule has 0 fully saturated rings. The summed E-state index contributed by atoms with van der Waals surface area (Å²) in [5.41, 5.74) is 7.08. The summed E-state index contributed by atoms with van der Waals surface area (Å²) in [5, 5.41) is 26.9. The Hall–Kier alpha value is -3.57. The second kappa shape index (κ2) is 14.9. The van der Waals surface area contributed by atoms with Crippen molar-refractivity contribution >= 4 is 35.5 Å². The van der Waals surface area contributed by atoms with Gasteiger partial charge in [-0.1, -0.05) is 42.5 Å². The molecule has 10 nitrogen and oxygen atoms in total. The Morgan fingerprint density at radius 1 is 0.811 bits per heavy atom. The number of hydrogen-bond acceptors (Lipinski definition) is 7. The van der Waals surface area contributed by atoms with E-state index in [2.05, 4.69) is 16.0 Å². The van der Waals surface area contributed by atoms with Crippen molar-refractivity contribution in [1.29, 1.82) is 0 Å². The highest BCUT2D eigenvalue weighted by Gasteiger charge is 2.30. The van der Waals surface area contributed by atoms with Crippen molar-refractivity contribution in [3.05, 3.63) is 65.7 Å². The fourth-order valence-corrected chi connectivity index (χ4v) is 3.95. The lowest BCUT2D eigenvalue weighted by atomic mass is 10.0. The van der Waals surface area contributed by atoms with E-state index in [1.165, 1.54) is 30.8 Å². The average Bonchev–Trinajstić information content (AvgIpc) is 2.87. The molecule has 0 bridgehead atoms. The van der Waals surface area contributed by atoms with Gasteiger partial charge in [0.1, 0.15) is 23.9 Å². The second-order valence-corrected chi connectivity index (χ2v) is 9.64. The lowest BCUT2D eigenvalue weighted by Gasteiger charge is -2.25. The number of phenols is 1. The Kier molecular flexibility index (Phi) is 11.9. The van der Waals surface area contributed by atoms with Crippen LogP contribution in [0.25, 0.3) is 0 Å². The van der Waals surface area contributed by atoms with E-state index in [-0.39, 0.29) is 25.0 Å². The zero-order valence-electron chi connectivity index (χ0n) is 20.8. The molecule has 0 saturated heterocycles. The van der Waals surface area contributed by atoms with Gasteiger partial charge in [0.25, 0.3) is 0 Å². The van der Waals surface area contributed by atoms with Gasteiger partial charge in [-0.25, -0.2) is 4.79 Å². The van der Waals surface area contributed by atoms with Crippen LogP contribution in [0.15, 0.2) is 54.6 Å². The predicted molar refractivity (Wildman–Crippen MR) is 142 cm³/mol. The van der Waals surface area contributed by atoms with Crippen molar-refractivity contribution in [3.8, 4) is 5.75 Å². The predicted octanol–water partition coefficient (Wildman–Crippen LogP) is 0.817. The van der Waals surface area contributed by atoms with Gasteiger partial charge in [-0.15, -0.1) is 0 Å². The molecule has 0 aromatic heterocycles. The van der Waals surface area contributed by atoms with Gasteiger partial charge in [0.2, 0.25) is 17.7 Å². The van der Waals surface area contributed by atoms with Crippen LogP contribution >= 0.6 is 11.8 Å². The highest BCUT2D eigenvalue weighted by atomic mass is 32.2. The third-order valence-corrected chi connectivity index (χ3v) is 6.21. The number of hydrogen-bond donors (Lipinski definition) is 6. The topological polar surface area (TPSA) is 171 Å². The van der Waals surface area contributed by atoms with Crippen molar-refractivity contribution < 1.29 is 29.4 Å². The normalized spacial score (nSPS) is 14.0. The first kappa shape index (κ1) is 29.7. The molecular formula is C26H34N4O6S. The number of nitrogens with two attached hydrogens (primary N) is 1. The summed E-state index contributed by atoms with van der Waals surface area (Å²) in [4.78, 5) is 50.5.